The molecule has 0 atom stereocenters. The Bertz CT molecular complexity index is 3630. The average molecular weight is 1080 g/mol. The van der Waals surface area contributed by atoms with Crippen LogP contribution in [-0.4, -0.2) is 96.4 Å². The molecule has 0 unspecified atom stereocenters. The lowest BCUT2D eigenvalue weighted by atomic mass is 9.85. The van der Waals surface area contributed by atoms with Crippen molar-refractivity contribution in [2.75, 3.05) is 14.2 Å². The molecule has 0 fully saturated rings. The number of ether oxygens (including phenoxy) is 3. The van der Waals surface area contributed by atoms with Gasteiger partial charge in [-0.2, -0.15) is 33.7 Å². The summed E-state index contributed by atoms with van der Waals surface area (Å²) in [6.45, 7) is 0.252. The molecule has 30 heteroatoms. The van der Waals surface area contributed by atoms with Crippen molar-refractivity contribution in [2.24, 2.45) is 0 Å². The molecule has 1 aliphatic carbocycles. The van der Waals surface area contributed by atoms with Gasteiger partial charge in [-0.3, -0.25) is 37.0 Å². The molecule has 2 heterocycles. The number of carbonyl (C=O) groups is 1. The summed E-state index contributed by atoms with van der Waals surface area (Å²) in [7, 11) is -18.2. The van der Waals surface area contributed by atoms with Crippen molar-refractivity contribution in [1.82, 2.24) is 24.5 Å². The molecular weight excluding hydrogens is 1040 g/mol. The second-order valence-electron chi connectivity index (χ2n) is 15.5. The van der Waals surface area contributed by atoms with Gasteiger partial charge in [0.25, 0.3) is 5.56 Å². The van der Waals surface area contributed by atoms with E-state index < -0.39 is 82.7 Å². The molecule has 7 rings (SSSR count). The SMILES string of the molecule is COc1ccc(-c2nc3ccccc3c(=O)n2CCCCCCCn2cc(COC3=C(c4ccc(OS(=O)(=O)O)c(OS(=O)(=O)O)c4)Cc4ccc(OS(=O)(=O)O)c(OC)c4C3=O)nn2)cc1OS(=O)(=O)O. The molecule has 0 saturated carbocycles. The van der Waals surface area contributed by atoms with E-state index in [9.17, 15) is 61.5 Å². The van der Waals surface area contributed by atoms with E-state index in [1.807, 2.05) is 0 Å². The van der Waals surface area contributed by atoms with Gasteiger partial charge in [0.2, 0.25) is 5.78 Å². The van der Waals surface area contributed by atoms with Gasteiger partial charge in [0.15, 0.2) is 40.3 Å². The minimum absolute atomic E-state index is 0.0148. The molecular formula is C42H41N5O21S4. The summed E-state index contributed by atoms with van der Waals surface area (Å²) in [5, 5.41) is 8.63. The molecule has 1 aliphatic rings. The summed E-state index contributed by atoms with van der Waals surface area (Å²) in [5.41, 5.74) is 0.552. The molecule has 0 aliphatic heterocycles. The van der Waals surface area contributed by atoms with Crippen molar-refractivity contribution in [3.05, 3.63) is 117 Å². The van der Waals surface area contributed by atoms with Crippen molar-refractivity contribution in [3.8, 4) is 45.9 Å². The summed E-state index contributed by atoms with van der Waals surface area (Å²) in [6.07, 6.45) is 4.67. The maximum Gasteiger partial charge on any atom is 0.446 e. The van der Waals surface area contributed by atoms with Crippen molar-refractivity contribution >= 4 is 63.9 Å². The molecule has 0 amide bonds. The number of hydrogen-bond acceptors (Lipinski definition) is 20. The van der Waals surface area contributed by atoms with Gasteiger partial charge >= 0.3 is 41.6 Å². The molecule has 0 radical (unpaired) electrons. The van der Waals surface area contributed by atoms with Crippen LogP contribution in [0.4, 0.5) is 0 Å². The Morgan fingerprint density at radius 1 is 0.625 bits per heavy atom. The number of benzene rings is 4. The average Bonchev–Trinajstić information content (AvgIpc) is 3.75. The third-order valence-corrected chi connectivity index (χ3v) is 12.1. The Labute approximate surface area is 410 Å². The Morgan fingerprint density at radius 3 is 1.86 bits per heavy atom. The summed E-state index contributed by atoms with van der Waals surface area (Å²) >= 11 is 0. The Morgan fingerprint density at radius 2 is 1.19 bits per heavy atom. The second kappa shape index (κ2) is 21.3. The van der Waals surface area contributed by atoms with E-state index in [4.69, 9.17) is 23.4 Å². The lowest BCUT2D eigenvalue weighted by molar-refractivity contribution is 0.0895. The largest absolute Gasteiger partial charge is 0.493 e. The molecule has 72 heavy (non-hydrogen) atoms. The van der Waals surface area contributed by atoms with E-state index in [1.54, 1.807) is 36.5 Å². The molecule has 26 nitrogen and oxygen atoms in total. The minimum Gasteiger partial charge on any atom is -0.493 e. The maximum absolute atomic E-state index is 14.3. The highest BCUT2D eigenvalue weighted by atomic mass is 32.3. The van der Waals surface area contributed by atoms with Gasteiger partial charge in [-0.05, 0) is 72.5 Å². The van der Waals surface area contributed by atoms with Crippen LogP contribution in [0.5, 0.6) is 34.5 Å². The minimum atomic E-state index is -5.32. The summed E-state index contributed by atoms with van der Waals surface area (Å²) < 4.78 is 168. The third kappa shape index (κ3) is 13.2. The van der Waals surface area contributed by atoms with Gasteiger partial charge in [0, 0.05) is 30.6 Å². The van der Waals surface area contributed by atoms with Crippen molar-refractivity contribution in [2.45, 2.75) is 58.2 Å². The first kappa shape index (κ1) is 52.6. The Kier molecular flexibility index (Phi) is 15.5. The number of aryl methyl sites for hydroxylation is 1. The molecule has 6 aromatic rings. The first-order chi connectivity index (χ1) is 33.9. The van der Waals surface area contributed by atoms with Crippen LogP contribution in [-0.2, 0) is 72.5 Å². The smallest absolute Gasteiger partial charge is 0.446 e. The van der Waals surface area contributed by atoms with Crippen LogP contribution < -0.4 is 31.8 Å². The van der Waals surface area contributed by atoms with Gasteiger partial charge in [-0.1, -0.05) is 48.7 Å². The predicted octanol–water partition coefficient (Wildman–Crippen LogP) is 4.42. The van der Waals surface area contributed by atoms with E-state index in [2.05, 4.69) is 22.9 Å². The quantitative estimate of drug-likeness (QED) is 0.0509. The highest BCUT2D eigenvalue weighted by Crippen LogP contribution is 2.44. The fourth-order valence-corrected chi connectivity index (χ4v) is 9.11. The molecule has 4 N–H and O–H groups in total. The lowest BCUT2D eigenvalue weighted by Crippen LogP contribution is -2.23. The number of para-hydroxylation sites is 1. The number of hydrogen-bond donors (Lipinski definition) is 4. The number of rotatable bonds is 23. The van der Waals surface area contributed by atoms with Crippen LogP contribution >= 0.6 is 0 Å². The van der Waals surface area contributed by atoms with Gasteiger partial charge in [-0.25, -0.2) is 4.98 Å². The molecule has 0 bridgehead atoms. The zero-order valence-electron chi connectivity index (χ0n) is 37.5. The van der Waals surface area contributed by atoms with E-state index in [0.29, 0.717) is 42.3 Å². The van der Waals surface area contributed by atoms with Crippen molar-refractivity contribution in [1.29, 1.82) is 0 Å². The molecule has 2 aromatic heterocycles. The normalized spacial score (nSPS) is 13.2. The Balaban J connectivity index is 1.04. The topological polar surface area (TPSA) is 365 Å². The number of Topliss-reactive ketones (excluding diaryl/α,β-unsaturated/α-hetero) is 1. The number of allylic oxidation sites excluding steroid dienone is 2. The number of unbranched alkanes of at least 4 members (excludes halogenated alkanes) is 4. The zero-order chi connectivity index (χ0) is 52.2. The first-order valence-electron chi connectivity index (χ1n) is 20.9. The summed E-state index contributed by atoms with van der Waals surface area (Å²) in [6, 6.07) is 16.3. The number of ketones is 1. The molecule has 4 aromatic carbocycles. The number of nitrogens with zero attached hydrogens (tertiary/aromatic N) is 5. The zero-order valence-corrected chi connectivity index (χ0v) is 40.7. The van der Waals surface area contributed by atoms with E-state index in [1.165, 1.54) is 34.6 Å². The number of aromatic nitrogens is 5. The molecule has 0 spiro atoms. The highest BCUT2D eigenvalue weighted by molar-refractivity contribution is 7.82. The third-order valence-electron chi connectivity index (χ3n) is 10.6. The summed E-state index contributed by atoms with van der Waals surface area (Å²) in [5.74, 6) is -4.19. The van der Waals surface area contributed by atoms with E-state index in [-0.39, 0.29) is 63.8 Å². The fourth-order valence-electron chi connectivity index (χ4n) is 7.67. The van der Waals surface area contributed by atoms with E-state index >= 15 is 0 Å². The van der Waals surface area contributed by atoms with Crippen LogP contribution in [0, 0.1) is 0 Å². The standard InChI is InChI=1S/C42H41N5O21S4/c1-62-32-15-14-27(22-35(32)67-71(56,57)58)41-43-31-11-7-6-10-29(31)42(49)47(41)19-9-5-3-4-8-18-46-23-28(44-45-46)24-64-39-30(25-12-16-33(65-69(50,51)52)36(21-25)68-72(59,60)61)20-26-13-17-34(66-70(53,54)55)40(63-2)37(26)38(39)48/h6-7,10-17,21-23H,3-5,8-9,18-20,24H2,1-2H3,(H,50,51,52)(H,53,54,55)(H,56,57,58)(H,59,60,61). The van der Waals surface area contributed by atoms with Crippen molar-refractivity contribution in [3.63, 3.8) is 0 Å². The number of fused-ring (bicyclic) bond motifs is 2. The lowest BCUT2D eigenvalue weighted by Gasteiger charge is -2.25. The predicted molar refractivity (Wildman–Crippen MR) is 249 cm³/mol. The van der Waals surface area contributed by atoms with Gasteiger partial charge < -0.3 is 30.9 Å². The van der Waals surface area contributed by atoms with Crippen LogP contribution in [0.2, 0.25) is 0 Å². The first-order valence-corrected chi connectivity index (χ1v) is 26.4. The van der Waals surface area contributed by atoms with Crippen LogP contribution in [0.15, 0.2) is 89.5 Å². The van der Waals surface area contributed by atoms with Crippen molar-refractivity contribution < 1.29 is 87.6 Å². The highest BCUT2D eigenvalue weighted by Gasteiger charge is 2.35. The maximum atomic E-state index is 14.3. The second-order valence-corrected chi connectivity index (χ2v) is 19.5. The van der Waals surface area contributed by atoms with Crippen LogP contribution in [0.1, 0.15) is 59.3 Å². The fraction of sp³-hybridized carbons (Fsp3) is 0.262. The monoisotopic (exact) mass is 1080 g/mol. The Hall–Kier alpha value is -7.19. The molecule has 0 saturated heterocycles. The van der Waals surface area contributed by atoms with Gasteiger partial charge in [-0.15, -0.1) is 5.10 Å². The van der Waals surface area contributed by atoms with Gasteiger partial charge in [0.05, 0.1) is 36.9 Å². The van der Waals surface area contributed by atoms with Crippen LogP contribution in [0.25, 0.3) is 27.9 Å². The number of methoxy groups -OCH3 is 2. The number of carbonyl (C=O) groups excluding carboxylic acids is 1. The molecule has 384 valence electrons. The van der Waals surface area contributed by atoms with Crippen LogP contribution in [0.3, 0.4) is 0 Å². The summed E-state index contributed by atoms with van der Waals surface area (Å²) in [4.78, 5) is 32.8. The van der Waals surface area contributed by atoms with Gasteiger partial charge in [0.1, 0.15) is 18.1 Å². The van der Waals surface area contributed by atoms with E-state index in [0.717, 1.165) is 44.2 Å².